The van der Waals surface area contributed by atoms with Crippen LogP contribution in [0, 0.1) is 5.92 Å². The second-order valence-electron chi connectivity index (χ2n) is 3.85. The van der Waals surface area contributed by atoms with Gasteiger partial charge in [-0.3, -0.25) is 9.79 Å². The zero-order chi connectivity index (χ0) is 11.2. The highest BCUT2D eigenvalue weighted by atomic mass is 16.5. The van der Waals surface area contributed by atoms with Crippen LogP contribution in [0.15, 0.2) is 35.3 Å². The fourth-order valence-corrected chi connectivity index (χ4v) is 1.69. The van der Waals surface area contributed by atoms with E-state index < -0.39 is 0 Å². The largest absolute Gasteiger partial charge is 0.465 e. The molecule has 0 saturated carbocycles. The molecular formula is C13H15NO2. The van der Waals surface area contributed by atoms with Crippen LogP contribution in [0.25, 0.3) is 0 Å². The minimum absolute atomic E-state index is 0.115. The van der Waals surface area contributed by atoms with Gasteiger partial charge in [-0.25, -0.2) is 0 Å². The molecule has 0 radical (unpaired) electrons. The lowest BCUT2D eigenvalue weighted by atomic mass is 10.1. The summed E-state index contributed by atoms with van der Waals surface area (Å²) < 4.78 is 4.85. The smallest absolute Gasteiger partial charge is 0.314 e. The summed E-state index contributed by atoms with van der Waals surface area (Å²) in [6, 6.07) is 10.2. The van der Waals surface area contributed by atoms with Gasteiger partial charge >= 0.3 is 5.97 Å². The maximum Gasteiger partial charge on any atom is 0.314 e. The lowest BCUT2D eigenvalue weighted by Gasteiger charge is -1.98. The summed E-state index contributed by atoms with van der Waals surface area (Å²) >= 11 is 0. The quantitative estimate of drug-likeness (QED) is 0.570. The maximum absolute atomic E-state index is 11.1. The van der Waals surface area contributed by atoms with Crippen molar-refractivity contribution in [2.45, 2.75) is 12.8 Å². The van der Waals surface area contributed by atoms with E-state index in [1.165, 1.54) is 5.56 Å². The molecule has 1 atom stereocenters. The lowest BCUT2D eigenvalue weighted by molar-refractivity contribution is -0.139. The number of benzene rings is 1. The fraction of sp³-hybridized carbons (Fsp3) is 0.385. The number of rotatable bonds is 4. The van der Waals surface area contributed by atoms with Gasteiger partial charge in [-0.2, -0.15) is 0 Å². The molecule has 84 valence electrons. The summed E-state index contributed by atoms with van der Waals surface area (Å²) in [6.07, 6.45) is 3.42. The molecule has 0 amide bonds. The highest BCUT2D eigenvalue weighted by molar-refractivity contribution is 5.91. The Hall–Kier alpha value is -1.64. The number of carbonyl (C=O) groups is 1. The number of carbonyl (C=O) groups excluding carboxylic acids is 1. The number of ether oxygens (including phenoxy) is 1. The van der Waals surface area contributed by atoms with Crippen LogP contribution in [0.3, 0.4) is 0 Å². The van der Waals surface area contributed by atoms with Gasteiger partial charge in [0.1, 0.15) is 0 Å². The Labute approximate surface area is 95.2 Å². The van der Waals surface area contributed by atoms with Crippen molar-refractivity contribution >= 4 is 12.2 Å². The molecule has 1 heterocycles. The zero-order valence-corrected chi connectivity index (χ0v) is 9.13. The number of esters is 1. The van der Waals surface area contributed by atoms with E-state index in [1.807, 2.05) is 18.2 Å². The van der Waals surface area contributed by atoms with Crippen molar-refractivity contribution in [3.8, 4) is 0 Å². The Morgan fingerprint density at radius 3 is 2.88 bits per heavy atom. The second kappa shape index (κ2) is 5.45. The summed E-state index contributed by atoms with van der Waals surface area (Å²) in [6.45, 7) is 1.27. The van der Waals surface area contributed by atoms with Crippen LogP contribution < -0.4 is 0 Å². The van der Waals surface area contributed by atoms with E-state index in [1.54, 1.807) is 6.21 Å². The molecule has 1 aromatic carbocycles. The zero-order valence-electron chi connectivity index (χ0n) is 9.13. The molecule has 0 aromatic heterocycles. The topological polar surface area (TPSA) is 38.7 Å². The van der Waals surface area contributed by atoms with Crippen molar-refractivity contribution < 1.29 is 9.53 Å². The summed E-state index contributed by atoms with van der Waals surface area (Å²) in [7, 11) is 0. The molecule has 0 spiro atoms. The first-order valence-corrected chi connectivity index (χ1v) is 5.57. The molecule has 0 N–H and O–H groups in total. The predicted molar refractivity (Wildman–Crippen MR) is 62.6 cm³/mol. The van der Waals surface area contributed by atoms with Crippen LogP contribution in [0.4, 0.5) is 0 Å². The van der Waals surface area contributed by atoms with Gasteiger partial charge in [0.2, 0.25) is 0 Å². The van der Waals surface area contributed by atoms with Gasteiger partial charge < -0.3 is 4.74 Å². The third-order valence-corrected chi connectivity index (χ3v) is 2.63. The highest BCUT2D eigenvalue weighted by Gasteiger charge is 2.23. The standard InChI is InChI=1S/C13H15NO2/c15-13-12(7-9-16-13)10-14-8-6-11-4-2-1-3-5-11/h1-5,10,12H,6-9H2. The summed E-state index contributed by atoms with van der Waals surface area (Å²) in [5.41, 5.74) is 1.27. The molecule has 0 aliphatic carbocycles. The molecule has 1 fully saturated rings. The van der Waals surface area contributed by atoms with E-state index in [9.17, 15) is 4.79 Å². The van der Waals surface area contributed by atoms with Crippen molar-refractivity contribution in [2.24, 2.45) is 10.9 Å². The van der Waals surface area contributed by atoms with E-state index in [4.69, 9.17) is 4.74 Å². The number of aliphatic imine (C=N–C) groups is 1. The van der Waals surface area contributed by atoms with Gasteiger partial charge in [0.25, 0.3) is 0 Å². The SMILES string of the molecule is O=C1OCCC1C=NCCc1ccccc1. The molecule has 0 bridgehead atoms. The first kappa shape index (κ1) is 10.9. The van der Waals surface area contributed by atoms with Crippen molar-refractivity contribution in [3.05, 3.63) is 35.9 Å². The van der Waals surface area contributed by atoms with Gasteiger partial charge in [-0.1, -0.05) is 30.3 Å². The minimum atomic E-state index is -0.136. The fourth-order valence-electron chi connectivity index (χ4n) is 1.69. The number of hydrogen-bond acceptors (Lipinski definition) is 3. The predicted octanol–water partition coefficient (Wildman–Crippen LogP) is 1.86. The van der Waals surface area contributed by atoms with Gasteiger partial charge in [0, 0.05) is 12.8 Å². The lowest BCUT2D eigenvalue weighted by Crippen LogP contribution is -2.09. The maximum atomic E-state index is 11.1. The molecule has 3 nitrogen and oxygen atoms in total. The normalized spacial score (nSPS) is 20.2. The highest BCUT2D eigenvalue weighted by Crippen LogP contribution is 2.11. The Morgan fingerprint density at radius 1 is 1.38 bits per heavy atom. The Morgan fingerprint density at radius 2 is 2.19 bits per heavy atom. The van der Waals surface area contributed by atoms with Crippen molar-refractivity contribution in [3.63, 3.8) is 0 Å². The molecular weight excluding hydrogens is 202 g/mol. The van der Waals surface area contributed by atoms with Crippen LogP contribution in [0.2, 0.25) is 0 Å². The minimum Gasteiger partial charge on any atom is -0.465 e. The van der Waals surface area contributed by atoms with E-state index in [2.05, 4.69) is 17.1 Å². The van der Waals surface area contributed by atoms with Crippen molar-refractivity contribution in [1.82, 2.24) is 0 Å². The molecule has 1 unspecified atom stereocenters. The molecule has 1 aromatic rings. The van der Waals surface area contributed by atoms with Crippen LogP contribution in [-0.4, -0.2) is 25.3 Å². The van der Waals surface area contributed by atoms with Crippen LogP contribution in [-0.2, 0) is 16.0 Å². The summed E-state index contributed by atoms with van der Waals surface area (Å²) in [5, 5.41) is 0. The van der Waals surface area contributed by atoms with Crippen LogP contribution in [0.1, 0.15) is 12.0 Å². The molecule has 2 rings (SSSR count). The molecule has 3 heteroatoms. The summed E-state index contributed by atoms with van der Waals surface area (Å²) in [5.74, 6) is -0.251. The third-order valence-electron chi connectivity index (χ3n) is 2.63. The van der Waals surface area contributed by atoms with Crippen molar-refractivity contribution in [1.29, 1.82) is 0 Å². The Bertz CT molecular complexity index is 373. The molecule has 1 saturated heterocycles. The van der Waals surface area contributed by atoms with Crippen molar-refractivity contribution in [2.75, 3.05) is 13.2 Å². The van der Waals surface area contributed by atoms with Gasteiger partial charge in [0.05, 0.1) is 12.5 Å². The van der Waals surface area contributed by atoms with Crippen LogP contribution in [0.5, 0.6) is 0 Å². The first-order valence-electron chi connectivity index (χ1n) is 5.57. The monoisotopic (exact) mass is 217 g/mol. The van der Waals surface area contributed by atoms with Gasteiger partial charge in [0.15, 0.2) is 0 Å². The Kier molecular flexibility index (Phi) is 3.70. The second-order valence-corrected chi connectivity index (χ2v) is 3.85. The van der Waals surface area contributed by atoms with Gasteiger partial charge in [-0.15, -0.1) is 0 Å². The molecule has 1 aliphatic rings. The first-order chi connectivity index (χ1) is 7.86. The average Bonchev–Trinajstić information content (AvgIpc) is 2.72. The van der Waals surface area contributed by atoms with E-state index >= 15 is 0 Å². The Balaban J connectivity index is 1.75. The van der Waals surface area contributed by atoms with E-state index in [0.717, 1.165) is 19.4 Å². The van der Waals surface area contributed by atoms with Crippen LogP contribution >= 0.6 is 0 Å². The number of hydrogen-bond donors (Lipinski definition) is 0. The molecule has 16 heavy (non-hydrogen) atoms. The number of nitrogens with zero attached hydrogens (tertiary/aromatic N) is 1. The van der Waals surface area contributed by atoms with E-state index in [0.29, 0.717) is 6.61 Å². The average molecular weight is 217 g/mol. The summed E-state index contributed by atoms with van der Waals surface area (Å²) in [4.78, 5) is 15.4. The molecule has 1 aliphatic heterocycles. The number of cyclic esters (lactones) is 1. The third kappa shape index (κ3) is 2.92. The van der Waals surface area contributed by atoms with Gasteiger partial charge in [-0.05, 0) is 18.4 Å². The van der Waals surface area contributed by atoms with E-state index in [-0.39, 0.29) is 11.9 Å².